The number of carbonyl (C=O) groups excluding carboxylic acids is 1. The molecule has 1 aliphatic rings. The van der Waals surface area contributed by atoms with E-state index in [0.29, 0.717) is 5.02 Å². The summed E-state index contributed by atoms with van der Waals surface area (Å²) < 4.78 is 0. The van der Waals surface area contributed by atoms with Crippen LogP contribution in [0.3, 0.4) is 0 Å². The predicted octanol–water partition coefficient (Wildman–Crippen LogP) is 4.59. The molecule has 1 unspecified atom stereocenters. The van der Waals surface area contributed by atoms with Gasteiger partial charge in [-0.3, -0.25) is 4.79 Å². The molecule has 0 spiro atoms. The van der Waals surface area contributed by atoms with Crippen LogP contribution in [0.25, 0.3) is 17.1 Å². The highest BCUT2D eigenvalue weighted by Crippen LogP contribution is 2.31. The minimum absolute atomic E-state index is 0.00271. The van der Waals surface area contributed by atoms with E-state index in [9.17, 15) is 4.79 Å². The molecule has 4 nitrogen and oxygen atoms in total. The Kier molecular flexibility index (Phi) is 4.28. The van der Waals surface area contributed by atoms with Crippen LogP contribution in [0.2, 0.25) is 5.02 Å². The Morgan fingerprint density at radius 2 is 2.12 bits per heavy atom. The van der Waals surface area contributed by atoms with Crippen molar-refractivity contribution in [1.29, 1.82) is 0 Å². The van der Waals surface area contributed by atoms with Gasteiger partial charge in [-0.15, -0.1) is 0 Å². The van der Waals surface area contributed by atoms with E-state index in [1.54, 1.807) is 6.08 Å². The summed E-state index contributed by atoms with van der Waals surface area (Å²) >= 11 is 5.99. The molecule has 1 fully saturated rings. The van der Waals surface area contributed by atoms with Crippen LogP contribution in [-0.2, 0) is 4.79 Å². The van der Waals surface area contributed by atoms with Crippen molar-refractivity contribution in [3.05, 3.63) is 71.0 Å². The molecule has 1 N–H and O–H groups in total. The highest BCUT2D eigenvalue weighted by molar-refractivity contribution is 6.30. The summed E-state index contributed by atoms with van der Waals surface area (Å²) in [5, 5.41) is 0.663. The van der Waals surface area contributed by atoms with Crippen LogP contribution in [0, 0.1) is 0 Å². The molecule has 0 aliphatic carbocycles. The topological polar surface area (TPSA) is 49.0 Å². The third-order valence-corrected chi connectivity index (χ3v) is 4.76. The lowest BCUT2D eigenvalue weighted by Crippen LogP contribution is -2.29. The van der Waals surface area contributed by atoms with Gasteiger partial charge in [-0.05, 0) is 48.7 Å². The molecule has 126 valence electrons. The zero-order valence-electron chi connectivity index (χ0n) is 13.7. The van der Waals surface area contributed by atoms with Gasteiger partial charge in [0.25, 0.3) is 0 Å². The van der Waals surface area contributed by atoms with Gasteiger partial charge in [0.2, 0.25) is 5.91 Å². The smallest absolute Gasteiger partial charge is 0.247 e. The maximum Gasteiger partial charge on any atom is 0.247 e. The maximum absolute atomic E-state index is 12.7. The third kappa shape index (κ3) is 3.30. The summed E-state index contributed by atoms with van der Waals surface area (Å²) in [6.45, 7) is 0.750. The summed E-state index contributed by atoms with van der Waals surface area (Å²) in [5.74, 6) is 0.867. The molecule has 0 saturated carbocycles. The molecule has 1 saturated heterocycles. The van der Waals surface area contributed by atoms with E-state index in [-0.39, 0.29) is 11.9 Å². The van der Waals surface area contributed by atoms with Gasteiger partial charge in [0.05, 0.1) is 17.1 Å². The number of aromatic nitrogens is 2. The molecule has 3 aromatic rings. The number of nitrogens with zero attached hydrogens (tertiary/aromatic N) is 2. The predicted molar refractivity (Wildman–Crippen MR) is 100 cm³/mol. The number of likely N-dealkylation sites (tertiary alicyclic amines) is 1. The van der Waals surface area contributed by atoms with E-state index in [2.05, 4.69) is 9.97 Å². The number of nitrogens with one attached hydrogen (secondary N) is 1. The Labute approximate surface area is 151 Å². The summed E-state index contributed by atoms with van der Waals surface area (Å²) in [7, 11) is 0. The molecule has 1 aliphatic heterocycles. The van der Waals surface area contributed by atoms with Gasteiger partial charge in [0, 0.05) is 17.6 Å². The fraction of sp³-hybridized carbons (Fsp3) is 0.200. The molecule has 25 heavy (non-hydrogen) atoms. The minimum atomic E-state index is 0.00271. The molecule has 2 aromatic carbocycles. The normalized spacial score (nSPS) is 17.6. The minimum Gasteiger partial charge on any atom is -0.340 e. The largest absolute Gasteiger partial charge is 0.340 e. The summed E-state index contributed by atoms with van der Waals surface area (Å²) in [4.78, 5) is 22.6. The van der Waals surface area contributed by atoms with Crippen LogP contribution in [-0.4, -0.2) is 27.3 Å². The standard InChI is InChI=1S/C20H18ClN3O/c21-15-6-3-5-14(13-15)10-11-19(25)24-12-4-9-18(24)20-22-16-7-1-2-8-17(16)23-20/h1-3,5-8,10-11,13,18H,4,9,12H2,(H,22,23)/b11-10+. The summed E-state index contributed by atoms with van der Waals surface area (Å²) in [6, 6.07) is 15.4. The average molecular weight is 352 g/mol. The number of hydrogen-bond acceptors (Lipinski definition) is 2. The first-order valence-corrected chi connectivity index (χ1v) is 8.77. The van der Waals surface area contributed by atoms with Crippen molar-refractivity contribution in [2.45, 2.75) is 18.9 Å². The van der Waals surface area contributed by atoms with Gasteiger partial charge in [-0.25, -0.2) is 4.98 Å². The number of H-pyrrole nitrogens is 1. The highest BCUT2D eigenvalue weighted by Gasteiger charge is 2.30. The van der Waals surface area contributed by atoms with E-state index >= 15 is 0 Å². The Hall–Kier alpha value is -2.59. The molecule has 1 atom stereocenters. The highest BCUT2D eigenvalue weighted by atomic mass is 35.5. The molecule has 4 rings (SSSR count). The van der Waals surface area contributed by atoms with Gasteiger partial charge in [0.1, 0.15) is 5.82 Å². The first kappa shape index (κ1) is 15.9. The molecule has 2 heterocycles. The van der Waals surface area contributed by atoms with Crippen LogP contribution >= 0.6 is 11.6 Å². The Balaban J connectivity index is 1.55. The van der Waals surface area contributed by atoms with Crippen molar-refractivity contribution in [1.82, 2.24) is 14.9 Å². The number of imidazole rings is 1. The second kappa shape index (κ2) is 6.73. The lowest BCUT2D eigenvalue weighted by atomic mass is 10.2. The van der Waals surface area contributed by atoms with Gasteiger partial charge in [0.15, 0.2) is 0 Å². The first-order chi connectivity index (χ1) is 12.2. The van der Waals surface area contributed by atoms with Crippen molar-refractivity contribution < 1.29 is 4.79 Å². The molecule has 1 aromatic heterocycles. The number of benzene rings is 2. The van der Waals surface area contributed by atoms with Crippen LogP contribution in [0.1, 0.15) is 30.3 Å². The van der Waals surface area contributed by atoms with Crippen LogP contribution in [0.5, 0.6) is 0 Å². The SMILES string of the molecule is O=C(/C=C/c1cccc(Cl)c1)N1CCCC1c1nc2ccccc2[nH]1. The van der Waals surface area contributed by atoms with Gasteiger partial charge in [-0.1, -0.05) is 35.9 Å². The fourth-order valence-corrected chi connectivity index (χ4v) is 3.52. The van der Waals surface area contributed by atoms with Crippen LogP contribution in [0.15, 0.2) is 54.6 Å². The zero-order valence-corrected chi connectivity index (χ0v) is 14.4. The lowest BCUT2D eigenvalue weighted by Gasteiger charge is -2.21. The van der Waals surface area contributed by atoms with Gasteiger partial charge in [-0.2, -0.15) is 0 Å². The van der Waals surface area contributed by atoms with E-state index in [0.717, 1.165) is 41.8 Å². The van der Waals surface area contributed by atoms with Gasteiger partial charge >= 0.3 is 0 Å². The molecule has 0 bridgehead atoms. The number of rotatable bonds is 3. The molecular weight excluding hydrogens is 334 g/mol. The van der Waals surface area contributed by atoms with E-state index in [4.69, 9.17) is 11.6 Å². The summed E-state index contributed by atoms with van der Waals surface area (Å²) in [6.07, 6.45) is 5.34. The molecule has 0 radical (unpaired) electrons. The first-order valence-electron chi connectivity index (χ1n) is 8.39. The zero-order chi connectivity index (χ0) is 17.2. The summed E-state index contributed by atoms with van der Waals surface area (Å²) in [5.41, 5.74) is 2.86. The van der Waals surface area contributed by atoms with Crippen molar-refractivity contribution in [2.24, 2.45) is 0 Å². The third-order valence-electron chi connectivity index (χ3n) is 4.53. The van der Waals surface area contributed by atoms with Crippen molar-refractivity contribution in [2.75, 3.05) is 6.54 Å². The number of para-hydroxylation sites is 2. The van der Waals surface area contributed by atoms with Gasteiger partial charge < -0.3 is 9.88 Å². The Morgan fingerprint density at radius 1 is 1.24 bits per heavy atom. The molecule has 5 heteroatoms. The van der Waals surface area contributed by atoms with Crippen LogP contribution < -0.4 is 0 Å². The van der Waals surface area contributed by atoms with Crippen molar-refractivity contribution in [3.8, 4) is 0 Å². The number of hydrogen-bond donors (Lipinski definition) is 1. The molecular formula is C20H18ClN3O. The lowest BCUT2D eigenvalue weighted by molar-refractivity contribution is -0.126. The maximum atomic E-state index is 12.7. The second-order valence-electron chi connectivity index (χ2n) is 6.22. The average Bonchev–Trinajstić information content (AvgIpc) is 3.26. The monoisotopic (exact) mass is 351 g/mol. The number of amides is 1. The quantitative estimate of drug-likeness (QED) is 0.701. The van der Waals surface area contributed by atoms with E-state index in [1.165, 1.54) is 0 Å². The Morgan fingerprint density at radius 3 is 2.96 bits per heavy atom. The second-order valence-corrected chi connectivity index (χ2v) is 6.65. The van der Waals surface area contributed by atoms with Crippen molar-refractivity contribution in [3.63, 3.8) is 0 Å². The number of aromatic amines is 1. The van der Waals surface area contributed by atoms with E-state index in [1.807, 2.05) is 59.5 Å². The fourth-order valence-electron chi connectivity index (χ4n) is 3.32. The number of fused-ring (bicyclic) bond motifs is 1. The Bertz CT molecular complexity index is 914. The molecule has 1 amide bonds. The van der Waals surface area contributed by atoms with Crippen LogP contribution in [0.4, 0.5) is 0 Å². The van der Waals surface area contributed by atoms with E-state index < -0.39 is 0 Å². The number of halogens is 1. The number of carbonyl (C=O) groups is 1. The van der Waals surface area contributed by atoms with Crippen molar-refractivity contribution >= 4 is 34.6 Å².